The van der Waals surface area contributed by atoms with E-state index in [4.69, 9.17) is 0 Å². The molecule has 0 aromatic rings. The van der Waals surface area contributed by atoms with E-state index in [0.29, 0.717) is 0 Å². The monoisotopic (exact) mass is 296 g/mol. The van der Waals surface area contributed by atoms with Crippen molar-refractivity contribution >= 4 is 0 Å². The fourth-order valence-electron chi connectivity index (χ4n) is 3.40. The van der Waals surface area contributed by atoms with Crippen LogP contribution in [0.3, 0.4) is 0 Å². The lowest BCUT2D eigenvalue weighted by molar-refractivity contribution is -0.756. The Bertz CT molecular complexity index is 159. The highest BCUT2D eigenvalue weighted by molar-refractivity contribution is 4.63. The molecule has 2 fully saturated rings. The molecule has 0 heterocycles. The maximum Gasteiger partial charge on any atom is 0.125 e. The molecule has 0 radical (unpaired) electrons. The van der Waals surface area contributed by atoms with E-state index >= 15 is 0 Å². The van der Waals surface area contributed by atoms with Gasteiger partial charge in [0.05, 0.1) is 12.1 Å². The van der Waals surface area contributed by atoms with Crippen molar-refractivity contribution in [3.8, 4) is 0 Å². The Balaban J connectivity index is 0.00000144. The summed E-state index contributed by atoms with van der Waals surface area (Å²) >= 11 is 0. The van der Waals surface area contributed by atoms with E-state index in [1.807, 2.05) is 0 Å². The van der Waals surface area contributed by atoms with Crippen molar-refractivity contribution in [1.82, 2.24) is 0 Å². The van der Waals surface area contributed by atoms with Crippen LogP contribution in [0.5, 0.6) is 0 Å². The van der Waals surface area contributed by atoms with E-state index in [-0.39, 0.29) is 24.8 Å². The molecule has 0 amide bonds. The van der Waals surface area contributed by atoms with Gasteiger partial charge in [0, 0.05) is 0 Å². The fourth-order valence-corrected chi connectivity index (χ4v) is 3.40. The summed E-state index contributed by atoms with van der Waals surface area (Å²) in [7, 11) is 0. The lowest BCUT2D eigenvalue weighted by Crippen LogP contribution is -3.00. The maximum absolute atomic E-state index is 2.62. The first-order valence-corrected chi connectivity index (χ1v) is 7.62. The van der Waals surface area contributed by atoms with Crippen molar-refractivity contribution in [2.45, 2.75) is 76.3 Å². The van der Waals surface area contributed by atoms with Crippen LogP contribution >= 0.6 is 0 Å². The first-order valence-electron chi connectivity index (χ1n) is 7.62. The number of rotatable bonds is 5. The van der Waals surface area contributed by atoms with Gasteiger partial charge >= 0.3 is 0 Å². The molecular formula is C14H30Cl2N2. The van der Waals surface area contributed by atoms with Crippen LogP contribution in [0.2, 0.25) is 0 Å². The van der Waals surface area contributed by atoms with Gasteiger partial charge in [-0.1, -0.05) is 12.8 Å². The summed E-state index contributed by atoms with van der Waals surface area (Å²) < 4.78 is 0. The average molecular weight is 297 g/mol. The Hall–Kier alpha value is 0.500. The van der Waals surface area contributed by atoms with E-state index in [1.54, 1.807) is 0 Å². The third-order valence-corrected chi connectivity index (χ3v) is 4.47. The number of hydrogen-bond donors (Lipinski definition) is 2. The molecule has 18 heavy (non-hydrogen) atoms. The summed E-state index contributed by atoms with van der Waals surface area (Å²) in [5.74, 6) is 0. The standard InChI is InChI=1S/C14H28N2.2ClH/c1-3-7-13(8-4-1)15-11-12-16-14-9-5-2-6-10-14;;/h13-16H,1-12H2;2*1H. The highest BCUT2D eigenvalue weighted by Gasteiger charge is 2.18. The lowest BCUT2D eigenvalue weighted by atomic mass is 9.95. The van der Waals surface area contributed by atoms with Crippen molar-refractivity contribution in [2.24, 2.45) is 0 Å². The summed E-state index contributed by atoms with van der Waals surface area (Å²) in [4.78, 5) is 0. The van der Waals surface area contributed by atoms with Crippen molar-refractivity contribution in [2.75, 3.05) is 13.1 Å². The van der Waals surface area contributed by atoms with Gasteiger partial charge in [-0.15, -0.1) is 0 Å². The highest BCUT2D eigenvalue weighted by atomic mass is 35.5. The zero-order chi connectivity index (χ0) is 11.1. The van der Waals surface area contributed by atoms with E-state index in [0.717, 1.165) is 12.1 Å². The quantitative estimate of drug-likeness (QED) is 0.476. The molecule has 2 aliphatic rings. The molecule has 0 spiro atoms. The van der Waals surface area contributed by atoms with Gasteiger partial charge in [-0.05, 0) is 51.4 Å². The van der Waals surface area contributed by atoms with Crippen LogP contribution in [0, 0.1) is 0 Å². The van der Waals surface area contributed by atoms with E-state index in [2.05, 4.69) is 10.6 Å². The molecule has 4 N–H and O–H groups in total. The molecule has 2 saturated carbocycles. The lowest BCUT2D eigenvalue weighted by Gasteiger charge is -2.21. The highest BCUT2D eigenvalue weighted by Crippen LogP contribution is 2.15. The first kappa shape index (κ1) is 18.5. The van der Waals surface area contributed by atoms with Gasteiger partial charge in [0.25, 0.3) is 0 Å². The molecule has 0 aliphatic heterocycles. The second-order valence-electron chi connectivity index (χ2n) is 5.84. The number of halogens is 2. The smallest absolute Gasteiger partial charge is 0.125 e. The number of nitrogens with two attached hydrogens (primary N) is 2. The molecule has 2 rings (SSSR count). The molecule has 0 aromatic carbocycles. The molecule has 0 saturated heterocycles. The second kappa shape index (κ2) is 11.3. The van der Waals surface area contributed by atoms with Gasteiger partial charge in [0.15, 0.2) is 0 Å². The van der Waals surface area contributed by atoms with Gasteiger partial charge in [-0.3, -0.25) is 0 Å². The minimum absolute atomic E-state index is 0. The molecule has 2 aliphatic carbocycles. The van der Waals surface area contributed by atoms with Crippen LogP contribution < -0.4 is 35.4 Å². The molecule has 0 unspecified atom stereocenters. The largest absolute Gasteiger partial charge is 1.00 e. The van der Waals surface area contributed by atoms with Crippen molar-refractivity contribution in [3.05, 3.63) is 0 Å². The number of hydrogen-bond acceptors (Lipinski definition) is 0. The molecule has 0 aromatic heterocycles. The van der Waals surface area contributed by atoms with Crippen molar-refractivity contribution in [3.63, 3.8) is 0 Å². The van der Waals surface area contributed by atoms with Gasteiger partial charge in [0.2, 0.25) is 0 Å². The SMILES string of the molecule is C1CCC([NH2+]CC[NH2+]C2CCCCC2)CC1.[Cl-].[Cl-]. The third-order valence-electron chi connectivity index (χ3n) is 4.47. The summed E-state index contributed by atoms with van der Waals surface area (Å²) in [6.45, 7) is 2.70. The van der Waals surface area contributed by atoms with Gasteiger partial charge in [-0.2, -0.15) is 0 Å². The van der Waals surface area contributed by atoms with Crippen LogP contribution in [0.15, 0.2) is 0 Å². The molecule has 0 atom stereocenters. The predicted octanol–water partition coefficient (Wildman–Crippen LogP) is -5.21. The molecule has 2 nitrogen and oxygen atoms in total. The van der Waals surface area contributed by atoms with Crippen LogP contribution in [0.25, 0.3) is 0 Å². The Kier molecular flexibility index (Phi) is 11.7. The minimum Gasteiger partial charge on any atom is -1.00 e. The summed E-state index contributed by atoms with van der Waals surface area (Å²) in [6, 6.07) is 1.93. The van der Waals surface area contributed by atoms with E-state index < -0.39 is 0 Å². The van der Waals surface area contributed by atoms with Crippen LogP contribution in [-0.4, -0.2) is 25.2 Å². The third kappa shape index (κ3) is 7.18. The van der Waals surface area contributed by atoms with Crippen molar-refractivity contribution < 1.29 is 35.4 Å². The van der Waals surface area contributed by atoms with Crippen molar-refractivity contribution in [1.29, 1.82) is 0 Å². The molecule has 4 heteroatoms. The topological polar surface area (TPSA) is 33.2 Å². The summed E-state index contributed by atoms with van der Waals surface area (Å²) in [6.07, 6.45) is 14.8. The van der Waals surface area contributed by atoms with Crippen LogP contribution in [0.4, 0.5) is 0 Å². The Morgan fingerprint density at radius 2 is 0.889 bits per heavy atom. The fraction of sp³-hybridized carbons (Fsp3) is 1.00. The van der Waals surface area contributed by atoms with Gasteiger partial charge in [-0.25, -0.2) is 0 Å². The Morgan fingerprint density at radius 3 is 1.22 bits per heavy atom. The zero-order valence-corrected chi connectivity index (χ0v) is 13.1. The maximum atomic E-state index is 2.62. The summed E-state index contributed by atoms with van der Waals surface area (Å²) in [5, 5.41) is 5.25. The van der Waals surface area contributed by atoms with E-state index in [9.17, 15) is 0 Å². The molecule has 110 valence electrons. The Morgan fingerprint density at radius 1 is 0.556 bits per heavy atom. The van der Waals surface area contributed by atoms with Crippen LogP contribution in [0.1, 0.15) is 64.2 Å². The minimum atomic E-state index is 0. The second-order valence-corrected chi connectivity index (χ2v) is 5.84. The average Bonchev–Trinajstić information content (AvgIpc) is 2.37. The normalized spacial score (nSPS) is 22.0. The molecule has 0 bridgehead atoms. The first-order chi connectivity index (χ1) is 7.95. The predicted molar refractivity (Wildman–Crippen MR) is 67.3 cm³/mol. The van der Waals surface area contributed by atoms with Gasteiger partial charge in [0.1, 0.15) is 13.1 Å². The summed E-state index contributed by atoms with van der Waals surface area (Å²) in [5.41, 5.74) is 0. The molecular weight excluding hydrogens is 267 g/mol. The van der Waals surface area contributed by atoms with E-state index in [1.165, 1.54) is 77.3 Å². The zero-order valence-electron chi connectivity index (χ0n) is 11.6. The Labute approximate surface area is 125 Å². The number of quaternary nitrogens is 2. The van der Waals surface area contributed by atoms with Gasteiger partial charge < -0.3 is 35.4 Å². The van der Waals surface area contributed by atoms with Crippen LogP contribution in [-0.2, 0) is 0 Å².